The fraction of sp³-hybridized carbons (Fsp3) is 0.318. The van der Waals surface area contributed by atoms with Gasteiger partial charge in [-0.2, -0.15) is 0 Å². The number of carbonyl (C=O) groups excluding carboxylic acids is 3. The fourth-order valence-electron chi connectivity index (χ4n) is 3.84. The average molecular weight is 377 g/mol. The molecule has 0 saturated carbocycles. The second-order valence-corrected chi connectivity index (χ2v) is 7.62. The van der Waals surface area contributed by atoms with E-state index in [0.29, 0.717) is 29.3 Å². The molecule has 6 heteroatoms. The van der Waals surface area contributed by atoms with Crippen LogP contribution in [0.25, 0.3) is 0 Å². The van der Waals surface area contributed by atoms with Crippen molar-refractivity contribution in [2.24, 2.45) is 5.92 Å². The van der Waals surface area contributed by atoms with Crippen LogP contribution >= 0.6 is 0 Å². The Hall–Kier alpha value is -3.15. The highest BCUT2D eigenvalue weighted by Gasteiger charge is 2.47. The molecule has 2 aliphatic rings. The molecule has 1 N–H and O–H groups in total. The number of nitrogens with zero attached hydrogens (tertiary/aromatic N) is 2. The predicted molar refractivity (Wildman–Crippen MR) is 106 cm³/mol. The van der Waals surface area contributed by atoms with E-state index in [1.54, 1.807) is 29.2 Å². The van der Waals surface area contributed by atoms with Gasteiger partial charge < -0.3 is 10.2 Å². The molecule has 0 aromatic heterocycles. The van der Waals surface area contributed by atoms with E-state index in [2.05, 4.69) is 19.2 Å². The first kappa shape index (κ1) is 18.2. The molecule has 144 valence electrons. The standard InChI is InChI=1S/C22H23N3O3/c1-14(2)11-12-23-19(26)13-24-20-15-7-3-4-8-16(15)22(28)25(20)18-10-6-5-9-17(18)21(24)27/h3-10,14,20H,11-13H2,1-2H3,(H,23,26)/t20-/m1/s1. The first-order valence-corrected chi connectivity index (χ1v) is 9.58. The zero-order valence-electron chi connectivity index (χ0n) is 16.0. The number of amides is 3. The van der Waals surface area contributed by atoms with Crippen LogP contribution in [0, 0.1) is 5.92 Å². The van der Waals surface area contributed by atoms with Crippen LogP contribution in [-0.2, 0) is 4.79 Å². The molecule has 0 aliphatic carbocycles. The number of benzene rings is 2. The molecule has 3 amide bonds. The van der Waals surface area contributed by atoms with Gasteiger partial charge in [-0.3, -0.25) is 19.3 Å². The first-order chi connectivity index (χ1) is 13.5. The fourth-order valence-corrected chi connectivity index (χ4v) is 3.84. The molecule has 2 aromatic carbocycles. The maximum absolute atomic E-state index is 13.2. The lowest BCUT2D eigenvalue weighted by molar-refractivity contribution is -0.122. The number of anilines is 1. The van der Waals surface area contributed by atoms with Crippen molar-refractivity contribution in [1.82, 2.24) is 10.2 Å². The molecule has 28 heavy (non-hydrogen) atoms. The summed E-state index contributed by atoms with van der Waals surface area (Å²) in [5.41, 5.74) is 2.36. The third-order valence-corrected chi connectivity index (χ3v) is 5.24. The minimum absolute atomic E-state index is 0.0892. The molecule has 0 saturated heterocycles. The van der Waals surface area contributed by atoms with Crippen LogP contribution in [0.15, 0.2) is 48.5 Å². The molecule has 0 fully saturated rings. The van der Waals surface area contributed by atoms with E-state index in [1.807, 2.05) is 24.3 Å². The number of nitrogens with one attached hydrogen (secondary N) is 1. The molecule has 0 spiro atoms. The van der Waals surface area contributed by atoms with E-state index in [1.165, 1.54) is 4.90 Å². The second kappa shape index (κ2) is 7.11. The minimum atomic E-state index is -0.595. The molecular formula is C22H23N3O3. The summed E-state index contributed by atoms with van der Waals surface area (Å²) in [4.78, 5) is 41.9. The quantitative estimate of drug-likeness (QED) is 0.871. The van der Waals surface area contributed by atoms with Crippen molar-refractivity contribution >= 4 is 23.4 Å². The van der Waals surface area contributed by atoms with Gasteiger partial charge in [-0.15, -0.1) is 0 Å². The Kier molecular flexibility index (Phi) is 4.63. The number of para-hydroxylation sites is 1. The molecular weight excluding hydrogens is 354 g/mol. The second-order valence-electron chi connectivity index (χ2n) is 7.62. The Morgan fingerprint density at radius 1 is 1.00 bits per heavy atom. The predicted octanol–water partition coefficient (Wildman–Crippen LogP) is 2.96. The summed E-state index contributed by atoms with van der Waals surface area (Å²) < 4.78 is 0. The Balaban J connectivity index is 1.69. The number of hydrogen-bond acceptors (Lipinski definition) is 3. The van der Waals surface area contributed by atoms with Gasteiger partial charge >= 0.3 is 0 Å². The van der Waals surface area contributed by atoms with Crippen molar-refractivity contribution in [3.05, 3.63) is 65.2 Å². The van der Waals surface area contributed by atoms with Crippen molar-refractivity contribution in [3.8, 4) is 0 Å². The van der Waals surface area contributed by atoms with Gasteiger partial charge in [0.2, 0.25) is 5.91 Å². The Morgan fingerprint density at radius 2 is 1.68 bits per heavy atom. The van der Waals surface area contributed by atoms with Crippen LogP contribution in [-0.4, -0.2) is 35.7 Å². The SMILES string of the molecule is CC(C)CCNC(=O)CN1C(=O)c2ccccc2N2C(=O)c3ccccc3[C@H]12. The van der Waals surface area contributed by atoms with E-state index in [0.717, 1.165) is 12.0 Å². The van der Waals surface area contributed by atoms with Crippen molar-refractivity contribution in [3.63, 3.8) is 0 Å². The van der Waals surface area contributed by atoms with E-state index < -0.39 is 6.17 Å². The molecule has 0 unspecified atom stereocenters. The number of hydrogen-bond donors (Lipinski definition) is 1. The van der Waals surface area contributed by atoms with Crippen LogP contribution in [0.4, 0.5) is 5.69 Å². The minimum Gasteiger partial charge on any atom is -0.355 e. The monoisotopic (exact) mass is 377 g/mol. The highest BCUT2D eigenvalue weighted by Crippen LogP contribution is 2.44. The van der Waals surface area contributed by atoms with E-state index in [9.17, 15) is 14.4 Å². The lowest BCUT2D eigenvalue weighted by Gasteiger charge is -2.40. The number of fused-ring (bicyclic) bond motifs is 5. The van der Waals surface area contributed by atoms with Gasteiger partial charge in [-0.1, -0.05) is 44.2 Å². The summed E-state index contributed by atoms with van der Waals surface area (Å²) in [5, 5.41) is 2.88. The zero-order valence-corrected chi connectivity index (χ0v) is 16.0. The third-order valence-electron chi connectivity index (χ3n) is 5.24. The van der Waals surface area contributed by atoms with Gasteiger partial charge in [0.15, 0.2) is 0 Å². The van der Waals surface area contributed by atoms with Crippen LogP contribution in [0.3, 0.4) is 0 Å². The van der Waals surface area contributed by atoms with Gasteiger partial charge in [0, 0.05) is 17.7 Å². The number of rotatable bonds is 5. The van der Waals surface area contributed by atoms with Crippen LogP contribution < -0.4 is 10.2 Å². The van der Waals surface area contributed by atoms with Crippen LogP contribution in [0.2, 0.25) is 0 Å². The topological polar surface area (TPSA) is 69.7 Å². The molecule has 0 bridgehead atoms. The average Bonchev–Trinajstić information content (AvgIpc) is 2.98. The smallest absolute Gasteiger partial charge is 0.260 e. The Bertz CT molecular complexity index is 954. The molecule has 0 radical (unpaired) electrons. The molecule has 4 rings (SSSR count). The molecule has 2 aromatic rings. The lowest BCUT2D eigenvalue weighted by Crippen LogP contribution is -2.51. The van der Waals surface area contributed by atoms with Crippen LogP contribution in [0.5, 0.6) is 0 Å². The summed E-state index contributed by atoms with van der Waals surface area (Å²) in [6.45, 7) is 4.67. The summed E-state index contributed by atoms with van der Waals surface area (Å²) >= 11 is 0. The van der Waals surface area contributed by atoms with Crippen molar-refractivity contribution in [2.45, 2.75) is 26.4 Å². The van der Waals surface area contributed by atoms with E-state index in [4.69, 9.17) is 0 Å². The van der Waals surface area contributed by atoms with Crippen molar-refractivity contribution in [2.75, 3.05) is 18.0 Å². The highest BCUT2D eigenvalue weighted by atomic mass is 16.2. The summed E-state index contributed by atoms with van der Waals surface area (Å²) in [5.74, 6) is -0.116. The number of carbonyl (C=O) groups is 3. The van der Waals surface area contributed by atoms with Gasteiger partial charge in [0.25, 0.3) is 11.8 Å². The summed E-state index contributed by atoms with van der Waals surface area (Å²) in [7, 11) is 0. The Morgan fingerprint density at radius 3 is 2.43 bits per heavy atom. The molecule has 2 aliphatic heterocycles. The van der Waals surface area contributed by atoms with Crippen LogP contribution in [0.1, 0.15) is 52.7 Å². The van der Waals surface area contributed by atoms with E-state index >= 15 is 0 Å². The molecule has 2 heterocycles. The normalized spacial score (nSPS) is 17.5. The lowest BCUT2D eigenvalue weighted by atomic mass is 10.0. The van der Waals surface area contributed by atoms with Gasteiger partial charge in [0.1, 0.15) is 12.7 Å². The van der Waals surface area contributed by atoms with Gasteiger partial charge in [-0.05, 0) is 30.5 Å². The van der Waals surface area contributed by atoms with Gasteiger partial charge in [-0.25, -0.2) is 0 Å². The first-order valence-electron chi connectivity index (χ1n) is 9.58. The van der Waals surface area contributed by atoms with Crippen molar-refractivity contribution < 1.29 is 14.4 Å². The summed E-state index contributed by atoms with van der Waals surface area (Å²) in [6, 6.07) is 14.3. The zero-order chi connectivity index (χ0) is 19.8. The maximum Gasteiger partial charge on any atom is 0.260 e. The highest BCUT2D eigenvalue weighted by molar-refractivity contribution is 6.17. The molecule has 6 nitrogen and oxygen atoms in total. The van der Waals surface area contributed by atoms with Gasteiger partial charge in [0.05, 0.1) is 11.3 Å². The largest absolute Gasteiger partial charge is 0.355 e. The molecule has 1 atom stereocenters. The van der Waals surface area contributed by atoms with E-state index in [-0.39, 0.29) is 24.3 Å². The maximum atomic E-state index is 13.2. The third kappa shape index (κ3) is 2.95. The van der Waals surface area contributed by atoms with Crippen molar-refractivity contribution in [1.29, 1.82) is 0 Å². The Labute approximate surface area is 164 Å². The summed E-state index contributed by atoms with van der Waals surface area (Å²) in [6.07, 6.45) is 0.279.